The number of oxime groups is 1. The van der Waals surface area contributed by atoms with Crippen molar-refractivity contribution in [2.75, 3.05) is 6.61 Å². The Labute approximate surface area is 108 Å². The molecule has 98 valence electrons. The normalized spacial score (nSPS) is 24.1. The van der Waals surface area contributed by atoms with Gasteiger partial charge in [-0.1, -0.05) is 36.3 Å². The zero-order valence-electron chi connectivity index (χ0n) is 10.8. The van der Waals surface area contributed by atoms with E-state index in [2.05, 4.69) is 29.4 Å². The molecule has 2 N–H and O–H groups in total. The average Bonchev–Trinajstić information content (AvgIpc) is 2.46. The molecular weight excluding hydrogens is 226 g/mol. The largest absolute Gasteiger partial charge is 0.411 e. The Morgan fingerprint density at radius 2 is 2.06 bits per heavy atom. The highest BCUT2D eigenvalue weighted by atomic mass is 16.4. The predicted octanol–water partition coefficient (Wildman–Crippen LogP) is 3.27. The molecule has 0 saturated heterocycles. The van der Waals surface area contributed by atoms with Gasteiger partial charge in [-0.15, -0.1) is 0 Å². The van der Waals surface area contributed by atoms with E-state index in [0.29, 0.717) is 5.92 Å². The van der Waals surface area contributed by atoms with E-state index in [1.54, 1.807) is 0 Å². The third-order valence-corrected chi connectivity index (χ3v) is 3.89. The number of aliphatic hydroxyl groups excluding tert-OH is 1. The van der Waals surface area contributed by atoms with E-state index in [1.165, 1.54) is 11.1 Å². The third kappa shape index (κ3) is 2.91. The van der Waals surface area contributed by atoms with Gasteiger partial charge >= 0.3 is 0 Å². The van der Waals surface area contributed by atoms with Gasteiger partial charge in [0.1, 0.15) is 0 Å². The number of benzene rings is 1. The summed E-state index contributed by atoms with van der Waals surface area (Å²) in [6, 6.07) is 8.49. The fourth-order valence-electron chi connectivity index (χ4n) is 2.62. The van der Waals surface area contributed by atoms with Crippen LogP contribution in [0, 0.1) is 0 Å². The monoisotopic (exact) mass is 247 g/mol. The highest BCUT2D eigenvalue weighted by Gasteiger charge is 2.20. The van der Waals surface area contributed by atoms with E-state index in [1.807, 2.05) is 6.92 Å². The van der Waals surface area contributed by atoms with E-state index in [-0.39, 0.29) is 12.5 Å². The fourth-order valence-corrected chi connectivity index (χ4v) is 2.62. The summed E-state index contributed by atoms with van der Waals surface area (Å²) in [5, 5.41) is 21.4. The molecule has 3 nitrogen and oxygen atoms in total. The van der Waals surface area contributed by atoms with Crippen molar-refractivity contribution < 1.29 is 10.3 Å². The van der Waals surface area contributed by atoms with Crippen LogP contribution in [0.5, 0.6) is 0 Å². The summed E-state index contributed by atoms with van der Waals surface area (Å²) in [6.07, 6.45) is 4.05. The first-order chi connectivity index (χ1) is 8.74. The Kier molecular flexibility index (Phi) is 4.37. The highest BCUT2D eigenvalue weighted by Crippen LogP contribution is 2.32. The second-order valence-corrected chi connectivity index (χ2v) is 5.21. The van der Waals surface area contributed by atoms with Crippen LogP contribution in [0.1, 0.15) is 55.6 Å². The SMILES string of the molecule is CC(CO)c1ccc(C2CCC/C(=N\O)C2)cc1. The van der Waals surface area contributed by atoms with Gasteiger partial charge in [-0.3, -0.25) is 0 Å². The lowest BCUT2D eigenvalue weighted by Gasteiger charge is -2.23. The molecule has 0 aromatic heterocycles. The zero-order valence-corrected chi connectivity index (χ0v) is 10.8. The van der Waals surface area contributed by atoms with Crippen molar-refractivity contribution in [2.45, 2.75) is 44.4 Å². The van der Waals surface area contributed by atoms with Crippen molar-refractivity contribution in [3.05, 3.63) is 35.4 Å². The molecule has 1 aliphatic carbocycles. The minimum Gasteiger partial charge on any atom is -0.411 e. The lowest BCUT2D eigenvalue weighted by molar-refractivity contribution is 0.273. The van der Waals surface area contributed by atoms with Crippen LogP contribution in [0.3, 0.4) is 0 Å². The number of hydrogen-bond donors (Lipinski definition) is 2. The first-order valence-corrected chi connectivity index (χ1v) is 6.65. The molecule has 0 aliphatic heterocycles. The second kappa shape index (κ2) is 6.01. The summed E-state index contributed by atoms with van der Waals surface area (Å²) in [5.74, 6) is 0.670. The van der Waals surface area contributed by atoms with E-state index >= 15 is 0 Å². The zero-order chi connectivity index (χ0) is 13.0. The fraction of sp³-hybridized carbons (Fsp3) is 0.533. The maximum Gasteiger partial charge on any atom is 0.0576 e. The van der Waals surface area contributed by atoms with Gasteiger partial charge in [0.15, 0.2) is 0 Å². The van der Waals surface area contributed by atoms with E-state index in [4.69, 9.17) is 10.3 Å². The van der Waals surface area contributed by atoms with Gasteiger partial charge in [0.25, 0.3) is 0 Å². The van der Waals surface area contributed by atoms with Crippen LogP contribution in [0.2, 0.25) is 0 Å². The average molecular weight is 247 g/mol. The predicted molar refractivity (Wildman–Crippen MR) is 72.4 cm³/mol. The summed E-state index contributed by atoms with van der Waals surface area (Å²) in [4.78, 5) is 0. The van der Waals surface area contributed by atoms with E-state index in [9.17, 15) is 0 Å². The van der Waals surface area contributed by atoms with Gasteiger partial charge in [0, 0.05) is 12.5 Å². The van der Waals surface area contributed by atoms with E-state index < -0.39 is 0 Å². The third-order valence-electron chi connectivity index (χ3n) is 3.89. The van der Waals surface area contributed by atoms with Crippen LogP contribution < -0.4 is 0 Å². The molecule has 1 aromatic carbocycles. The molecular formula is C15H21NO2. The van der Waals surface area contributed by atoms with Crippen LogP contribution in [-0.2, 0) is 0 Å². The lowest BCUT2D eigenvalue weighted by Crippen LogP contribution is -2.14. The van der Waals surface area contributed by atoms with Crippen molar-refractivity contribution in [1.29, 1.82) is 0 Å². The van der Waals surface area contributed by atoms with E-state index in [0.717, 1.165) is 31.4 Å². The molecule has 2 rings (SSSR count). The lowest BCUT2D eigenvalue weighted by atomic mass is 9.82. The second-order valence-electron chi connectivity index (χ2n) is 5.21. The van der Waals surface area contributed by atoms with Crippen LogP contribution in [0.15, 0.2) is 29.4 Å². The van der Waals surface area contributed by atoms with Crippen LogP contribution in [-0.4, -0.2) is 22.6 Å². The molecule has 18 heavy (non-hydrogen) atoms. The Bertz CT molecular complexity index is 411. The quantitative estimate of drug-likeness (QED) is 0.636. The Hall–Kier alpha value is -1.35. The van der Waals surface area contributed by atoms with Crippen molar-refractivity contribution in [2.24, 2.45) is 5.16 Å². The van der Waals surface area contributed by atoms with Gasteiger partial charge in [0.2, 0.25) is 0 Å². The highest BCUT2D eigenvalue weighted by molar-refractivity contribution is 5.85. The summed E-state index contributed by atoms with van der Waals surface area (Å²) in [7, 11) is 0. The molecule has 0 heterocycles. The summed E-state index contributed by atoms with van der Waals surface area (Å²) in [5.41, 5.74) is 3.40. The molecule has 3 heteroatoms. The molecule has 0 amide bonds. The van der Waals surface area contributed by atoms with Crippen LogP contribution in [0.25, 0.3) is 0 Å². The Morgan fingerprint density at radius 3 is 2.67 bits per heavy atom. The van der Waals surface area contributed by atoms with Crippen molar-refractivity contribution in [3.63, 3.8) is 0 Å². The van der Waals surface area contributed by atoms with Gasteiger partial charge < -0.3 is 10.3 Å². The minimum atomic E-state index is 0.185. The molecule has 1 saturated carbocycles. The van der Waals surface area contributed by atoms with Gasteiger partial charge in [-0.25, -0.2) is 0 Å². The van der Waals surface area contributed by atoms with Crippen molar-refractivity contribution >= 4 is 5.71 Å². The van der Waals surface area contributed by atoms with Crippen LogP contribution in [0.4, 0.5) is 0 Å². The Balaban J connectivity index is 2.09. The number of rotatable bonds is 3. The van der Waals surface area contributed by atoms with Gasteiger partial charge in [-0.05, 0) is 42.7 Å². The first kappa shape index (κ1) is 13.1. The minimum absolute atomic E-state index is 0.185. The topological polar surface area (TPSA) is 52.8 Å². The van der Waals surface area contributed by atoms with Crippen molar-refractivity contribution in [1.82, 2.24) is 0 Å². The van der Waals surface area contributed by atoms with Crippen molar-refractivity contribution in [3.8, 4) is 0 Å². The van der Waals surface area contributed by atoms with Crippen LogP contribution >= 0.6 is 0 Å². The standard InChI is InChI=1S/C15H21NO2/c1-11(10-17)12-5-7-13(8-6-12)14-3-2-4-15(9-14)16-18/h5-8,11,14,17-18H,2-4,9-10H2,1H3/b16-15+. The number of nitrogens with zero attached hydrogens (tertiary/aromatic N) is 1. The first-order valence-electron chi connectivity index (χ1n) is 6.65. The maximum atomic E-state index is 9.13. The molecule has 2 atom stereocenters. The summed E-state index contributed by atoms with van der Waals surface area (Å²) >= 11 is 0. The summed E-state index contributed by atoms with van der Waals surface area (Å²) < 4.78 is 0. The Morgan fingerprint density at radius 1 is 1.33 bits per heavy atom. The van der Waals surface area contributed by atoms with Gasteiger partial charge in [-0.2, -0.15) is 0 Å². The molecule has 1 aliphatic rings. The molecule has 2 unspecified atom stereocenters. The molecule has 0 spiro atoms. The molecule has 1 aromatic rings. The number of hydrogen-bond acceptors (Lipinski definition) is 3. The smallest absolute Gasteiger partial charge is 0.0576 e. The van der Waals surface area contributed by atoms with Gasteiger partial charge in [0.05, 0.1) is 5.71 Å². The molecule has 1 fully saturated rings. The molecule has 0 radical (unpaired) electrons. The molecule has 0 bridgehead atoms. The number of aliphatic hydroxyl groups is 1. The summed E-state index contributed by atoms with van der Waals surface area (Å²) in [6.45, 7) is 2.20. The maximum absolute atomic E-state index is 9.13.